The maximum Gasteiger partial charge on any atom is 0.277 e. The minimum absolute atomic E-state index is 0.0831. The maximum atomic E-state index is 11.2. The van der Waals surface area contributed by atoms with Crippen LogP contribution in [-0.2, 0) is 7.05 Å². The van der Waals surface area contributed by atoms with Crippen molar-refractivity contribution in [2.75, 3.05) is 0 Å². The molecule has 0 N–H and O–H groups in total. The molecular weight excluding hydrogens is 242 g/mol. The Morgan fingerprint density at radius 3 is 2.42 bits per heavy atom. The molecule has 0 radical (unpaired) electrons. The van der Waals surface area contributed by atoms with Gasteiger partial charge in [0.2, 0.25) is 0 Å². The zero-order chi connectivity index (χ0) is 14.0. The van der Waals surface area contributed by atoms with Gasteiger partial charge >= 0.3 is 0 Å². The van der Waals surface area contributed by atoms with E-state index in [1.807, 2.05) is 27.0 Å². The Morgan fingerprint density at radius 1 is 1.32 bits per heavy atom. The van der Waals surface area contributed by atoms with Gasteiger partial charge < -0.3 is 0 Å². The predicted molar refractivity (Wildman–Crippen MR) is 74.0 cm³/mol. The number of hydrogen-bond acceptors (Lipinski definition) is 3. The monoisotopic (exact) mass is 257 g/mol. The molecule has 0 aliphatic carbocycles. The zero-order valence-electron chi connectivity index (χ0n) is 11.1. The molecule has 1 heterocycles. The van der Waals surface area contributed by atoms with Gasteiger partial charge in [-0.25, -0.2) is 0 Å². The van der Waals surface area contributed by atoms with Gasteiger partial charge in [0.05, 0.1) is 16.2 Å². The first kappa shape index (κ1) is 13.0. The van der Waals surface area contributed by atoms with E-state index in [4.69, 9.17) is 0 Å². The molecule has 0 spiro atoms. The van der Waals surface area contributed by atoms with Crippen LogP contribution in [0.4, 0.5) is 0 Å². The van der Waals surface area contributed by atoms with E-state index in [1.54, 1.807) is 35.0 Å². The van der Waals surface area contributed by atoms with Crippen molar-refractivity contribution in [1.82, 2.24) is 9.78 Å². The molecule has 0 fully saturated rings. The number of hydrogen-bond donors (Lipinski definition) is 0. The lowest BCUT2D eigenvalue weighted by molar-refractivity contribution is -0.374. The summed E-state index contributed by atoms with van der Waals surface area (Å²) in [6.07, 6.45) is 1.59. The van der Waals surface area contributed by atoms with Gasteiger partial charge in [-0.15, -0.1) is 0 Å². The van der Waals surface area contributed by atoms with Crippen molar-refractivity contribution < 1.29 is 4.92 Å². The van der Waals surface area contributed by atoms with Gasteiger partial charge in [-0.05, 0) is 26.0 Å². The fraction of sp³-hybridized carbons (Fsp3) is 0.214. The van der Waals surface area contributed by atoms with Gasteiger partial charge in [0.1, 0.15) is 0 Å². The van der Waals surface area contributed by atoms with Gasteiger partial charge in [0.25, 0.3) is 5.70 Å². The van der Waals surface area contributed by atoms with Gasteiger partial charge in [-0.1, -0.05) is 18.2 Å². The number of benzene rings is 1. The molecule has 2 rings (SSSR count). The van der Waals surface area contributed by atoms with Crippen LogP contribution in [0.15, 0.2) is 30.3 Å². The molecule has 0 atom stereocenters. The van der Waals surface area contributed by atoms with Crippen molar-refractivity contribution in [3.8, 4) is 0 Å². The first-order valence-corrected chi connectivity index (χ1v) is 5.92. The Labute approximate surface area is 111 Å². The highest BCUT2D eigenvalue weighted by atomic mass is 16.6. The lowest BCUT2D eigenvalue weighted by Crippen LogP contribution is -1.98. The normalized spacial score (nSPS) is 11.6. The van der Waals surface area contributed by atoms with Crippen molar-refractivity contribution in [1.29, 1.82) is 0 Å². The lowest BCUT2D eigenvalue weighted by atomic mass is 10.1. The summed E-state index contributed by atoms with van der Waals surface area (Å²) in [7, 11) is 1.83. The van der Waals surface area contributed by atoms with Crippen LogP contribution in [0.25, 0.3) is 11.8 Å². The average Bonchev–Trinajstić information content (AvgIpc) is 2.62. The summed E-state index contributed by atoms with van der Waals surface area (Å²) in [5.74, 6) is 0. The van der Waals surface area contributed by atoms with Gasteiger partial charge in [0.15, 0.2) is 0 Å². The second-order valence-electron chi connectivity index (χ2n) is 4.36. The van der Waals surface area contributed by atoms with Crippen LogP contribution in [0.2, 0.25) is 0 Å². The first-order chi connectivity index (χ1) is 9.00. The van der Waals surface area contributed by atoms with E-state index in [-0.39, 0.29) is 10.6 Å². The van der Waals surface area contributed by atoms with Crippen LogP contribution in [-0.4, -0.2) is 14.7 Å². The molecule has 0 amide bonds. The van der Waals surface area contributed by atoms with Crippen molar-refractivity contribution >= 4 is 11.8 Å². The molecule has 1 aromatic carbocycles. The third-order valence-corrected chi connectivity index (χ3v) is 3.11. The highest BCUT2D eigenvalue weighted by Crippen LogP contribution is 2.22. The molecule has 5 nitrogen and oxygen atoms in total. The predicted octanol–water partition coefficient (Wildman–Crippen LogP) is 2.81. The molecule has 0 bridgehead atoms. The van der Waals surface area contributed by atoms with Gasteiger partial charge in [0, 0.05) is 24.4 Å². The van der Waals surface area contributed by atoms with Crippen LogP contribution in [0.5, 0.6) is 0 Å². The Balaban J connectivity index is 2.57. The highest BCUT2D eigenvalue weighted by molar-refractivity contribution is 5.77. The Morgan fingerprint density at radius 2 is 1.95 bits per heavy atom. The van der Waals surface area contributed by atoms with Crippen molar-refractivity contribution in [2.45, 2.75) is 13.8 Å². The van der Waals surface area contributed by atoms with E-state index in [2.05, 4.69) is 5.10 Å². The summed E-state index contributed by atoms with van der Waals surface area (Å²) in [4.78, 5) is 10.9. The maximum absolute atomic E-state index is 11.2. The second-order valence-corrected chi connectivity index (χ2v) is 4.36. The summed E-state index contributed by atoms with van der Waals surface area (Å²) in [6.45, 7) is 3.75. The van der Waals surface area contributed by atoms with Crippen molar-refractivity contribution in [3.05, 3.63) is 63.0 Å². The fourth-order valence-electron chi connectivity index (χ4n) is 1.99. The largest absolute Gasteiger partial charge is 0.277 e. The summed E-state index contributed by atoms with van der Waals surface area (Å²) < 4.78 is 1.73. The van der Waals surface area contributed by atoms with E-state index in [0.29, 0.717) is 5.56 Å². The number of nitro groups is 1. The summed E-state index contributed by atoms with van der Waals surface area (Å²) >= 11 is 0. The van der Waals surface area contributed by atoms with E-state index >= 15 is 0 Å². The van der Waals surface area contributed by atoms with Crippen LogP contribution in [0.1, 0.15) is 22.5 Å². The summed E-state index contributed by atoms with van der Waals surface area (Å²) in [6, 6.07) is 8.87. The zero-order valence-corrected chi connectivity index (χ0v) is 11.1. The first-order valence-electron chi connectivity index (χ1n) is 5.92. The smallest absolute Gasteiger partial charge is 0.272 e. The number of rotatable bonds is 3. The fourth-order valence-corrected chi connectivity index (χ4v) is 1.99. The Kier molecular flexibility index (Phi) is 3.46. The molecule has 2 aromatic rings. The molecule has 0 aliphatic rings. The third-order valence-electron chi connectivity index (χ3n) is 3.11. The minimum atomic E-state index is -0.360. The average molecular weight is 257 g/mol. The topological polar surface area (TPSA) is 61.0 Å². The molecule has 0 aliphatic heterocycles. The van der Waals surface area contributed by atoms with Crippen molar-refractivity contribution in [3.63, 3.8) is 0 Å². The van der Waals surface area contributed by atoms with Crippen LogP contribution >= 0.6 is 0 Å². The number of aromatic nitrogens is 2. The number of aryl methyl sites for hydroxylation is 2. The molecule has 5 heteroatoms. The quantitative estimate of drug-likeness (QED) is 0.627. The molecule has 1 aromatic heterocycles. The van der Waals surface area contributed by atoms with Crippen LogP contribution in [0, 0.1) is 24.0 Å². The standard InChI is InChI=1S/C14H15N3O2/c1-10-13(11(2)16(3)15-10)9-14(17(18)19)12-7-5-4-6-8-12/h4-9H,1-3H3. The van der Waals surface area contributed by atoms with E-state index in [9.17, 15) is 10.1 Å². The second kappa shape index (κ2) is 5.06. The van der Waals surface area contributed by atoms with Crippen LogP contribution < -0.4 is 0 Å². The SMILES string of the molecule is Cc1nn(C)c(C)c1C=C(c1ccccc1)[N+](=O)[O-]. The summed E-state index contributed by atoms with van der Waals surface area (Å²) in [5.41, 5.74) is 3.18. The van der Waals surface area contributed by atoms with E-state index in [1.165, 1.54) is 0 Å². The molecular formula is C14H15N3O2. The van der Waals surface area contributed by atoms with Gasteiger partial charge in [-0.3, -0.25) is 14.8 Å². The Bertz CT molecular complexity index is 642. The van der Waals surface area contributed by atoms with Crippen LogP contribution in [0.3, 0.4) is 0 Å². The summed E-state index contributed by atoms with van der Waals surface area (Å²) in [5, 5.41) is 15.5. The van der Waals surface area contributed by atoms with E-state index < -0.39 is 0 Å². The van der Waals surface area contributed by atoms with Crippen molar-refractivity contribution in [2.24, 2.45) is 7.05 Å². The molecule has 0 unspecified atom stereocenters. The highest BCUT2D eigenvalue weighted by Gasteiger charge is 2.17. The molecule has 98 valence electrons. The molecule has 19 heavy (non-hydrogen) atoms. The number of nitrogens with zero attached hydrogens (tertiary/aromatic N) is 3. The Hall–Kier alpha value is -2.43. The van der Waals surface area contributed by atoms with Gasteiger partial charge in [-0.2, -0.15) is 5.10 Å². The molecule has 0 saturated carbocycles. The molecule has 0 saturated heterocycles. The third kappa shape index (κ3) is 2.54. The van der Waals surface area contributed by atoms with E-state index in [0.717, 1.165) is 17.0 Å². The minimum Gasteiger partial charge on any atom is -0.272 e. The lowest BCUT2D eigenvalue weighted by Gasteiger charge is -2.00.